The highest BCUT2D eigenvalue weighted by Crippen LogP contribution is 2.34. The van der Waals surface area contributed by atoms with Crippen LogP contribution in [0.1, 0.15) is 17.5 Å². The second kappa shape index (κ2) is 7.49. The van der Waals surface area contributed by atoms with Gasteiger partial charge < -0.3 is 10.6 Å². The van der Waals surface area contributed by atoms with Crippen LogP contribution in [0.4, 0.5) is 24.5 Å². The average Bonchev–Trinajstić information content (AvgIpc) is 2.54. The van der Waals surface area contributed by atoms with E-state index in [0.29, 0.717) is 0 Å². The third-order valence-corrected chi connectivity index (χ3v) is 3.15. The van der Waals surface area contributed by atoms with Crippen molar-refractivity contribution in [3.05, 3.63) is 59.7 Å². The van der Waals surface area contributed by atoms with E-state index in [1.165, 1.54) is 24.3 Å². The summed E-state index contributed by atoms with van der Waals surface area (Å²) in [6.07, 6.45) is -5.32. The zero-order valence-corrected chi connectivity index (χ0v) is 12.7. The number of halogens is 3. The number of carbonyl (C=O) groups excluding carboxylic acids is 2. The lowest BCUT2D eigenvalue weighted by molar-refractivity contribution is -0.137. The number of benzene rings is 2. The molecule has 8 heteroatoms. The minimum absolute atomic E-state index is 0.207. The molecule has 0 saturated heterocycles. The van der Waals surface area contributed by atoms with Gasteiger partial charge in [0.1, 0.15) is 12.5 Å². The van der Waals surface area contributed by atoms with E-state index < -0.39 is 35.7 Å². The number of alkyl halides is 3. The van der Waals surface area contributed by atoms with Gasteiger partial charge in [-0.2, -0.15) is 18.4 Å². The molecule has 0 aliphatic heterocycles. The Morgan fingerprint density at radius 1 is 0.920 bits per heavy atom. The van der Waals surface area contributed by atoms with Gasteiger partial charge in [0.25, 0.3) is 0 Å². The molecule has 0 radical (unpaired) electrons. The first-order valence-corrected chi connectivity index (χ1v) is 7.06. The van der Waals surface area contributed by atoms with E-state index in [1.807, 2.05) is 6.07 Å². The number of amides is 2. The fourth-order valence-corrected chi connectivity index (χ4v) is 2.06. The number of hydrogen-bond donors (Lipinski definition) is 2. The van der Waals surface area contributed by atoms with Crippen molar-refractivity contribution < 1.29 is 22.8 Å². The summed E-state index contributed by atoms with van der Waals surface area (Å²) in [5, 5.41) is 13.4. The highest BCUT2D eigenvalue weighted by molar-refractivity contribution is 6.08. The van der Waals surface area contributed by atoms with Crippen molar-refractivity contribution in [1.82, 2.24) is 0 Å². The van der Waals surface area contributed by atoms with Crippen molar-refractivity contribution in [2.45, 2.75) is 12.6 Å². The molecule has 2 aromatic rings. The smallest absolute Gasteiger partial charge is 0.325 e. The van der Waals surface area contributed by atoms with E-state index >= 15 is 0 Å². The zero-order valence-electron chi connectivity index (χ0n) is 12.7. The fraction of sp³-hybridized carbons (Fsp3) is 0.118. The van der Waals surface area contributed by atoms with Crippen LogP contribution in [0.25, 0.3) is 0 Å². The van der Waals surface area contributed by atoms with Gasteiger partial charge in [-0.25, -0.2) is 0 Å². The quantitative estimate of drug-likeness (QED) is 0.830. The van der Waals surface area contributed by atoms with Crippen molar-refractivity contribution >= 4 is 23.2 Å². The molecule has 2 N–H and O–H groups in total. The molecule has 5 nitrogen and oxygen atoms in total. The van der Waals surface area contributed by atoms with E-state index in [1.54, 1.807) is 12.1 Å². The molecule has 0 atom stereocenters. The molecule has 0 spiro atoms. The number of nitriles is 1. The second-order valence-electron chi connectivity index (χ2n) is 4.97. The van der Waals surface area contributed by atoms with Crippen LogP contribution in [0.5, 0.6) is 0 Å². The summed E-state index contributed by atoms with van der Waals surface area (Å²) >= 11 is 0. The summed E-state index contributed by atoms with van der Waals surface area (Å²) in [5.41, 5.74) is -0.999. The van der Waals surface area contributed by atoms with Crippen LogP contribution in [0.15, 0.2) is 48.5 Å². The van der Waals surface area contributed by atoms with Gasteiger partial charge in [-0.15, -0.1) is 0 Å². The Labute approximate surface area is 141 Å². The molecule has 0 aliphatic rings. The first-order chi connectivity index (χ1) is 11.8. The number of para-hydroxylation sites is 2. The Morgan fingerprint density at radius 3 is 2.04 bits per heavy atom. The molecular weight excluding hydrogens is 335 g/mol. The monoisotopic (exact) mass is 347 g/mol. The molecule has 2 amide bonds. The third kappa shape index (κ3) is 4.81. The van der Waals surface area contributed by atoms with Gasteiger partial charge >= 0.3 is 6.18 Å². The summed E-state index contributed by atoms with van der Waals surface area (Å²) in [5.74, 6) is -1.65. The largest absolute Gasteiger partial charge is 0.418 e. The maximum Gasteiger partial charge on any atom is 0.418 e. The standard InChI is InChI=1S/C17H12F3N3O2/c18-17(19,20)12-6-2-4-8-14(12)23-16(25)9-15(24)22-13-7-3-1-5-11(13)10-21/h1-8H,9H2,(H,22,24)(H,23,25). The Bertz CT molecular complexity index is 842. The van der Waals surface area contributed by atoms with Crippen LogP contribution >= 0.6 is 0 Å². The van der Waals surface area contributed by atoms with Crippen molar-refractivity contribution in [2.75, 3.05) is 10.6 Å². The van der Waals surface area contributed by atoms with Crippen molar-refractivity contribution in [1.29, 1.82) is 5.26 Å². The average molecular weight is 347 g/mol. The van der Waals surface area contributed by atoms with Crippen molar-refractivity contribution in [2.24, 2.45) is 0 Å². The molecule has 0 aromatic heterocycles. The molecule has 2 rings (SSSR count). The molecule has 0 heterocycles. The maximum atomic E-state index is 12.9. The van der Waals surface area contributed by atoms with E-state index in [0.717, 1.165) is 12.1 Å². The SMILES string of the molecule is N#Cc1ccccc1NC(=O)CC(=O)Nc1ccccc1C(F)(F)F. The fourth-order valence-electron chi connectivity index (χ4n) is 2.06. The number of hydrogen-bond acceptors (Lipinski definition) is 3. The number of nitrogens with zero attached hydrogens (tertiary/aromatic N) is 1. The molecule has 2 aromatic carbocycles. The minimum atomic E-state index is -4.63. The van der Waals surface area contributed by atoms with Crippen LogP contribution in [-0.2, 0) is 15.8 Å². The molecular formula is C17H12F3N3O2. The van der Waals surface area contributed by atoms with Gasteiger partial charge in [0.05, 0.1) is 22.5 Å². The van der Waals surface area contributed by atoms with Crippen LogP contribution < -0.4 is 10.6 Å². The highest BCUT2D eigenvalue weighted by atomic mass is 19.4. The molecule has 0 unspecified atom stereocenters. The Hall–Kier alpha value is -3.34. The minimum Gasteiger partial charge on any atom is -0.325 e. The maximum absolute atomic E-state index is 12.9. The van der Waals surface area contributed by atoms with Gasteiger partial charge in [0, 0.05) is 0 Å². The van der Waals surface area contributed by atoms with Crippen LogP contribution in [0.2, 0.25) is 0 Å². The normalized spacial score (nSPS) is 10.6. The van der Waals surface area contributed by atoms with Gasteiger partial charge in [0.2, 0.25) is 11.8 Å². The summed E-state index contributed by atoms with van der Waals surface area (Å²) < 4.78 is 38.6. The lowest BCUT2D eigenvalue weighted by Gasteiger charge is -2.13. The zero-order chi connectivity index (χ0) is 18.4. The molecule has 0 saturated carbocycles. The van der Waals surface area contributed by atoms with E-state index in [-0.39, 0.29) is 11.3 Å². The lowest BCUT2D eigenvalue weighted by atomic mass is 10.1. The highest BCUT2D eigenvalue weighted by Gasteiger charge is 2.33. The predicted octanol–water partition coefficient (Wildman–Crippen LogP) is 3.54. The summed E-state index contributed by atoms with van der Waals surface area (Å²) in [6, 6.07) is 12.5. The lowest BCUT2D eigenvalue weighted by Crippen LogP contribution is -2.23. The third-order valence-electron chi connectivity index (χ3n) is 3.15. The van der Waals surface area contributed by atoms with Gasteiger partial charge in [-0.3, -0.25) is 9.59 Å². The van der Waals surface area contributed by atoms with Gasteiger partial charge in [0.15, 0.2) is 0 Å². The molecule has 0 bridgehead atoms. The van der Waals surface area contributed by atoms with Crippen LogP contribution in [0, 0.1) is 11.3 Å². The van der Waals surface area contributed by atoms with Crippen LogP contribution in [-0.4, -0.2) is 11.8 Å². The Kier molecular flexibility index (Phi) is 5.39. The van der Waals surface area contributed by atoms with Gasteiger partial charge in [-0.05, 0) is 24.3 Å². The van der Waals surface area contributed by atoms with E-state index in [4.69, 9.17) is 5.26 Å². The van der Waals surface area contributed by atoms with Crippen molar-refractivity contribution in [3.63, 3.8) is 0 Å². The number of anilines is 2. The summed E-state index contributed by atoms with van der Waals surface area (Å²) in [7, 11) is 0. The number of nitrogens with one attached hydrogen (secondary N) is 2. The summed E-state index contributed by atoms with van der Waals surface area (Å²) in [6.45, 7) is 0. The predicted molar refractivity (Wildman–Crippen MR) is 84.5 cm³/mol. The number of rotatable bonds is 4. The number of carbonyl (C=O) groups is 2. The van der Waals surface area contributed by atoms with Crippen LogP contribution in [0.3, 0.4) is 0 Å². The van der Waals surface area contributed by atoms with E-state index in [2.05, 4.69) is 10.6 Å². The Balaban J connectivity index is 2.04. The second-order valence-corrected chi connectivity index (χ2v) is 4.97. The molecule has 0 aliphatic carbocycles. The Morgan fingerprint density at radius 2 is 1.44 bits per heavy atom. The molecule has 0 fully saturated rings. The molecule has 25 heavy (non-hydrogen) atoms. The first kappa shape index (κ1) is 18.0. The van der Waals surface area contributed by atoms with Gasteiger partial charge in [-0.1, -0.05) is 24.3 Å². The van der Waals surface area contributed by atoms with Crippen molar-refractivity contribution in [3.8, 4) is 6.07 Å². The van der Waals surface area contributed by atoms with E-state index in [9.17, 15) is 22.8 Å². The molecule has 128 valence electrons. The summed E-state index contributed by atoms with van der Waals surface area (Å²) in [4.78, 5) is 23.7. The first-order valence-electron chi connectivity index (χ1n) is 7.06. The topological polar surface area (TPSA) is 82.0 Å².